The summed E-state index contributed by atoms with van der Waals surface area (Å²) in [6.07, 6.45) is 3.50. The van der Waals surface area contributed by atoms with Gasteiger partial charge in [0.05, 0.1) is 17.1 Å². The van der Waals surface area contributed by atoms with E-state index < -0.39 is 0 Å². The fourth-order valence-corrected chi connectivity index (χ4v) is 3.97. The zero-order valence-electron chi connectivity index (χ0n) is 16.6. The standard InChI is InChI=1S/C23H20N4O3S/c28-21-13-27(20-6-2-1-5-19(20)26-21)23(30)17-7-9-18(10-8-17)25-22(29)15-31-14-16-4-3-11-24-12-16/h1-12H,13-15H2,(H,25,29)(H,26,28). The molecule has 2 heterocycles. The second-order valence-corrected chi connectivity index (χ2v) is 7.92. The van der Waals surface area contributed by atoms with Gasteiger partial charge in [-0.2, -0.15) is 0 Å². The third-order valence-corrected chi connectivity index (χ3v) is 5.66. The highest BCUT2D eigenvalue weighted by atomic mass is 32.2. The third-order valence-electron chi connectivity index (χ3n) is 4.66. The minimum absolute atomic E-state index is 0.0392. The molecule has 4 rings (SSSR count). The molecule has 0 atom stereocenters. The van der Waals surface area contributed by atoms with E-state index >= 15 is 0 Å². The van der Waals surface area contributed by atoms with Crippen LogP contribution in [0.25, 0.3) is 0 Å². The molecule has 156 valence electrons. The molecule has 0 bridgehead atoms. The van der Waals surface area contributed by atoms with Crippen LogP contribution in [-0.4, -0.2) is 35.0 Å². The Bertz CT molecular complexity index is 1100. The average molecular weight is 433 g/mol. The van der Waals surface area contributed by atoms with Crippen LogP contribution in [0.5, 0.6) is 0 Å². The first-order valence-corrected chi connectivity index (χ1v) is 10.8. The van der Waals surface area contributed by atoms with Gasteiger partial charge in [-0.25, -0.2) is 0 Å². The van der Waals surface area contributed by atoms with Crippen LogP contribution in [0, 0.1) is 0 Å². The van der Waals surface area contributed by atoms with Crippen LogP contribution in [0.15, 0.2) is 73.1 Å². The summed E-state index contributed by atoms with van der Waals surface area (Å²) in [5, 5.41) is 5.60. The van der Waals surface area contributed by atoms with E-state index in [4.69, 9.17) is 0 Å². The number of thioether (sulfide) groups is 1. The maximum atomic E-state index is 13.0. The number of hydrogen-bond donors (Lipinski definition) is 2. The largest absolute Gasteiger partial charge is 0.325 e. The van der Waals surface area contributed by atoms with Gasteiger partial charge in [0.1, 0.15) is 6.54 Å². The number of benzene rings is 2. The van der Waals surface area contributed by atoms with Crippen molar-refractivity contribution in [1.82, 2.24) is 4.98 Å². The Morgan fingerprint density at radius 2 is 1.87 bits per heavy atom. The van der Waals surface area contributed by atoms with Crippen LogP contribution in [0.1, 0.15) is 15.9 Å². The van der Waals surface area contributed by atoms with Crippen molar-refractivity contribution >= 4 is 46.5 Å². The minimum atomic E-state index is -0.271. The highest BCUT2D eigenvalue weighted by Gasteiger charge is 2.27. The summed E-state index contributed by atoms with van der Waals surface area (Å²) in [4.78, 5) is 42.6. The lowest BCUT2D eigenvalue weighted by atomic mass is 10.1. The summed E-state index contributed by atoms with van der Waals surface area (Å²) in [5.41, 5.74) is 3.39. The van der Waals surface area contributed by atoms with E-state index in [9.17, 15) is 14.4 Å². The lowest BCUT2D eigenvalue weighted by Crippen LogP contribution is -2.42. The van der Waals surface area contributed by atoms with Crippen molar-refractivity contribution in [3.05, 3.63) is 84.2 Å². The van der Waals surface area contributed by atoms with Crippen molar-refractivity contribution in [2.24, 2.45) is 0 Å². The van der Waals surface area contributed by atoms with E-state index in [-0.39, 0.29) is 24.3 Å². The number of hydrogen-bond acceptors (Lipinski definition) is 5. The summed E-state index contributed by atoms with van der Waals surface area (Å²) in [6, 6.07) is 17.7. The van der Waals surface area contributed by atoms with Crippen LogP contribution in [0.4, 0.5) is 17.1 Å². The zero-order chi connectivity index (χ0) is 21.6. The first-order chi connectivity index (χ1) is 15.1. The summed E-state index contributed by atoms with van der Waals surface area (Å²) in [5.74, 6) is 0.399. The van der Waals surface area contributed by atoms with Crippen LogP contribution in [-0.2, 0) is 15.3 Å². The molecule has 1 aromatic heterocycles. The number of nitrogens with one attached hydrogen (secondary N) is 2. The highest BCUT2D eigenvalue weighted by Crippen LogP contribution is 2.30. The van der Waals surface area contributed by atoms with Gasteiger partial charge in [-0.1, -0.05) is 18.2 Å². The predicted octanol–water partition coefficient (Wildman–Crippen LogP) is 3.55. The number of aromatic nitrogens is 1. The Kier molecular flexibility index (Phi) is 6.28. The molecule has 0 spiro atoms. The topological polar surface area (TPSA) is 91.4 Å². The quantitative estimate of drug-likeness (QED) is 0.622. The molecule has 0 fully saturated rings. The van der Waals surface area contributed by atoms with Crippen molar-refractivity contribution in [3.63, 3.8) is 0 Å². The molecule has 7 nitrogen and oxygen atoms in total. The monoisotopic (exact) mass is 432 g/mol. The zero-order valence-corrected chi connectivity index (χ0v) is 17.4. The number of para-hydroxylation sites is 2. The molecule has 0 saturated carbocycles. The van der Waals surface area contributed by atoms with Crippen LogP contribution >= 0.6 is 11.8 Å². The number of carbonyl (C=O) groups is 3. The average Bonchev–Trinajstić information content (AvgIpc) is 2.79. The molecule has 0 unspecified atom stereocenters. The molecule has 0 radical (unpaired) electrons. The van der Waals surface area contributed by atoms with Crippen molar-refractivity contribution in [3.8, 4) is 0 Å². The minimum Gasteiger partial charge on any atom is -0.325 e. The fraction of sp³-hybridized carbons (Fsp3) is 0.130. The Labute approximate surface area is 183 Å². The van der Waals surface area contributed by atoms with Gasteiger partial charge in [0.15, 0.2) is 0 Å². The molecule has 3 aromatic rings. The number of anilines is 3. The van der Waals surface area contributed by atoms with Gasteiger partial charge in [0.25, 0.3) is 5.91 Å². The third kappa shape index (κ3) is 5.10. The van der Waals surface area contributed by atoms with Crippen LogP contribution < -0.4 is 15.5 Å². The summed E-state index contributed by atoms with van der Waals surface area (Å²) >= 11 is 1.50. The number of amides is 3. The normalized spacial score (nSPS) is 12.6. The van der Waals surface area contributed by atoms with Gasteiger partial charge in [0, 0.05) is 29.4 Å². The molecule has 1 aliphatic rings. The molecular formula is C23H20N4O3S. The first-order valence-electron chi connectivity index (χ1n) is 9.67. The molecule has 31 heavy (non-hydrogen) atoms. The molecule has 1 aliphatic heterocycles. The van der Waals surface area contributed by atoms with Gasteiger partial charge in [-0.15, -0.1) is 11.8 Å². The molecule has 8 heteroatoms. The summed E-state index contributed by atoms with van der Waals surface area (Å²) in [6.45, 7) is -0.0392. The van der Waals surface area contributed by atoms with E-state index in [0.29, 0.717) is 34.1 Å². The second-order valence-electron chi connectivity index (χ2n) is 6.94. The van der Waals surface area contributed by atoms with Gasteiger partial charge < -0.3 is 10.6 Å². The number of fused-ring (bicyclic) bond motifs is 1. The van der Waals surface area contributed by atoms with E-state index in [2.05, 4.69) is 15.6 Å². The van der Waals surface area contributed by atoms with Gasteiger partial charge in [-0.05, 0) is 48.0 Å². The number of carbonyl (C=O) groups excluding carboxylic acids is 3. The molecule has 3 amide bonds. The number of rotatable bonds is 6. The maximum Gasteiger partial charge on any atom is 0.258 e. The second kappa shape index (κ2) is 9.44. The van der Waals surface area contributed by atoms with Crippen molar-refractivity contribution in [2.75, 3.05) is 27.8 Å². The Hall–Kier alpha value is -3.65. The van der Waals surface area contributed by atoms with E-state index in [0.717, 1.165) is 5.56 Å². The fourth-order valence-electron chi connectivity index (χ4n) is 3.21. The summed E-state index contributed by atoms with van der Waals surface area (Å²) < 4.78 is 0. The Morgan fingerprint density at radius 1 is 1.06 bits per heavy atom. The number of nitrogens with zero attached hydrogens (tertiary/aromatic N) is 2. The Balaban J connectivity index is 1.35. The van der Waals surface area contributed by atoms with Gasteiger partial charge in [-0.3, -0.25) is 24.3 Å². The molecule has 0 aliphatic carbocycles. The van der Waals surface area contributed by atoms with Gasteiger partial charge in [0.2, 0.25) is 11.8 Å². The molecule has 0 saturated heterocycles. The summed E-state index contributed by atoms with van der Waals surface area (Å²) in [7, 11) is 0. The maximum absolute atomic E-state index is 13.0. The van der Waals surface area contributed by atoms with Gasteiger partial charge >= 0.3 is 0 Å². The van der Waals surface area contributed by atoms with Crippen LogP contribution in [0.3, 0.4) is 0 Å². The van der Waals surface area contributed by atoms with Crippen molar-refractivity contribution < 1.29 is 14.4 Å². The van der Waals surface area contributed by atoms with Crippen LogP contribution in [0.2, 0.25) is 0 Å². The molecule has 2 N–H and O–H groups in total. The Morgan fingerprint density at radius 3 is 2.65 bits per heavy atom. The SMILES string of the molecule is O=C(CSCc1cccnc1)Nc1ccc(C(=O)N2CC(=O)Nc3ccccc32)cc1. The van der Waals surface area contributed by atoms with E-state index in [1.165, 1.54) is 16.7 Å². The van der Waals surface area contributed by atoms with Crippen molar-refractivity contribution in [2.45, 2.75) is 5.75 Å². The lowest BCUT2D eigenvalue weighted by Gasteiger charge is -2.29. The smallest absolute Gasteiger partial charge is 0.258 e. The van der Waals surface area contributed by atoms with Crippen molar-refractivity contribution in [1.29, 1.82) is 0 Å². The highest BCUT2D eigenvalue weighted by molar-refractivity contribution is 7.99. The molecular weight excluding hydrogens is 412 g/mol. The van der Waals surface area contributed by atoms with E-state index in [1.54, 1.807) is 54.9 Å². The lowest BCUT2D eigenvalue weighted by molar-refractivity contribution is -0.115. The molecule has 2 aromatic carbocycles. The first kappa shape index (κ1) is 20.6. The predicted molar refractivity (Wildman–Crippen MR) is 122 cm³/mol. The number of pyridine rings is 1. The van der Waals surface area contributed by atoms with E-state index in [1.807, 2.05) is 18.2 Å².